The monoisotopic (exact) mass is 629 g/mol. The third kappa shape index (κ3) is 11.4. The summed E-state index contributed by atoms with van der Waals surface area (Å²) < 4.78 is 16.4. The first kappa shape index (κ1) is 34.9. The minimum atomic E-state index is -0.822. The average molecular weight is 630 g/mol. The smallest absolute Gasteiger partial charge is 0.320 e. The van der Waals surface area contributed by atoms with Gasteiger partial charge in [0, 0.05) is 10.4 Å². The van der Waals surface area contributed by atoms with Gasteiger partial charge in [-0.2, -0.15) is 0 Å². The summed E-state index contributed by atoms with van der Waals surface area (Å²) in [5.74, 6) is 0.869. The zero-order valence-corrected chi connectivity index (χ0v) is 26.7. The molecule has 236 valence electrons. The van der Waals surface area contributed by atoms with Gasteiger partial charge in [0.15, 0.2) is 12.0 Å². The first-order chi connectivity index (χ1) is 21.8. The van der Waals surface area contributed by atoms with Gasteiger partial charge in [-0.15, -0.1) is 0 Å². The molecule has 4 rings (SSSR count). The van der Waals surface area contributed by atoms with E-state index in [1.807, 2.05) is 85.9 Å². The molecule has 2 N–H and O–H groups in total. The number of halogens is 1. The van der Waals surface area contributed by atoms with Gasteiger partial charge >= 0.3 is 5.97 Å². The fraction of sp³-hybridized carbons (Fsp3) is 0.243. The van der Waals surface area contributed by atoms with E-state index in [0.717, 1.165) is 57.7 Å². The lowest BCUT2D eigenvalue weighted by Gasteiger charge is -2.11. The number of allylic oxidation sites excluding steroid dienone is 13. The maximum Gasteiger partial charge on any atom is 0.320 e. The van der Waals surface area contributed by atoms with E-state index in [1.54, 1.807) is 20.2 Å². The molecule has 2 aliphatic carbocycles. The van der Waals surface area contributed by atoms with E-state index in [4.69, 9.17) is 30.6 Å². The predicted octanol–water partition coefficient (Wildman–Crippen LogP) is 8.60. The Morgan fingerprint density at radius 2 is 2.02 bits per heavy atom. The van der Waals surface area contributed by atoms with Crippen molar-refractivity contribution in [3.63, 3.8) is 0 Å². The van der Waals surface area contributed by atoms with Crippen LogP contribution in [0.15, 0.2) is 130 Å². The number of aldehydes is 1. The third-order valence-corrected chi connectivity index (χ3v) is 7.28. The summed E-state index contributed by atoms with van der Waals surface area (Å²) in [6.07, 6.45) is 25.2. The molecule has 2 aliphatic rings. The summed E-state index contributed by atoms with van der Waals surface area (Å²) in [5, 5.41) is 13.6. The Morgan fingerprint density at radius 1 is 1.20 bits per heavy atom. The van der Waals surface area contributed by atoms with Crippen LogP contribution in [0.1, 0.15) is 48.7 Å². The van der Waals surface area contributed by atoms with Crippen LogP contribution in [-0.2, 0) is 14.3 Å². The number of aliphatic carboxylic acids is 1. The normalized spacial score (nSPS) is 15.5. The molecule has 7 nitrogen and oxygen atoms in total. The van der Waals surface area contributed by atoms with E-state index in [1.165, 1.54) is 5.57 Å². The maximum absolute atomic E-state index is 11.1. The molecular weight excluding hydrogens is 590 g/mol. The lowest BCUT2D eigenvalue weighted by molar-refractivity contribution is -0.139. The minimum Gasteiger partial charge on any atom is -0.497 e. The number of carboxylic acid groups (broad SMARTS) is 1. The summed E-state index contributed by atoms with van der Waals surface area (Å²) in [6, 6.07) is 7.13. The quantitative estimate of drug-likeness (QED) is 0.130. The van der Waals surface area contributed by atoms with Crippen LogP contribution in [0.2, 0.25) is 0 Å². The molecule has 0 saturated carbocycles. The first-order valence-electron chi connectivity index (χ1n) is 14.6. The highest BCUT2D eigenvalue weighted by molar-refractivity contribution is 6.31. The van der Waals surface area contributed by atoms with Gasteiger partial charge in [0.05, 0.1) is 7.11 Å². The highest BCUT2D eigenvalue weighted by Gasteiger charge is 2.15. The van der Waals surface area contributed by atoms with Crippen molar-refractivity contribution in [2.75, 3.05) is 20.8 Å². The van der Waals surface area contributed by atoms with E-state index in [9.17, 15) is 9.59 Å². The average Bonchev–Trinajstić information content (AvgIpc) is 3.15. The second-order valence-electron chi connectivity index (χ2n) is 10.2. The van der Waals surface area contributed by atoms with Crippen LogP contribution in [0.4, 0.5) is 0 Å². The molecule has 2 aromatic rings. The number of methoxy groups -OCH3 is 1. The van der Waals surface area contributed by atoms with Crippen LogP contribution in [-0.4, -0.2) is 44.2 Å². The van der Waals surface area contributed by atoms with Gasteiger partial charge in [-0.05, 0) is 92.8 Å². The summed E-state index contributed by atoms with van der Waals surface area (Å²) in [5.41, 5.74) is 5.00. The van der Waals surface area contributed by atoms with E-state index >= 15 is 0 Å². The number of rotatable bonds is 13. The Bertz CT molecular complexity index is 1610. The van der Waals surface area contributed by atoms with Crippen LogP contribution in [0.5, 0.6) is 0 Å². The lowest BCUT2D eigenvalue weighted by Crippen LogP contribution is -2.33. The molecule has 8 heteroatoms. The number of carboxylic acids is 1. The van der Waals surface area contributed by atoms with E-state index in [-0.39, 0.29) is 0 Å². The number of benzene rings is 1. The van der Waals surface area contributed by atoms with E-state index < -0.39 is 12.0 Å². The Labute approximate surface area is 269 Å². The zero-order valence-electron chi connectivity index (χ0n) is 25.9. The van der Waals surface area contributed by atoms with Gasteiger partial charge in [-0.25, -0.2) is 0 Å². The van der Waals surface area contributed by atoms with Gasteiger partial charge in [0.2, 0.25) is 0 Å². The summed E-state index contributed by atoms with van der Waals surface area (Å²) in [7, 11) is 3.25. The highest BCUT2D eigenvalue weighted by atomic mass is 35.5. The number of ether oxygens (including phenoxy) is 2. The minimum absolute atomic E-state index is 0.349. The topological polar surface area (TPSA) is 98.0 Å². The van der Waals surface area contributed by atoms with E-state index in [2.05, 4.69) is 18.0 Å². The Balaban J connectivity index is 0.000000256. The van der Waals surface area contributed by atoms with Crippen LogP contribution < -0.4 is 5.32 Å². The van der Waals surface area contributed by atoms with Gasteiger partial charge in [-0.1, -0.05) is 78.4 Å². The van der Waals surface area contributed by atoms with Crippen LogP contribution in [0.25, 0.3) is 16.5 Å². The Hall–Kier alpha value is -4.59. The standard InChI is InChI=1S/C21H29NO4.C16H11ClO2/c1-5-7-18(14-16(2)25-4)15-26-19-9-6-8-17(10-12-19)11-13-20(22-3)21(23)24;17-14-3-1-2-11(6-7-14)12-4-5-13-8-15(10-18)19-16(13)9-12/h5-7,9-10,12,14,20,22H,2,8,11,13,15H2,1,3-4H3,(H,23,24);2-10H,1H2/b7-5-,18-14+;. The molecule has 0 aliphatic heterocycles. The second kappa shape index (κ2) is 18.3. The fourth-order valence-electron chi connectivity index (χ4n) is 4.54. The SMILES string of the molecule is C=C(/C=C(\C=C/C)COC1=CC=C(CCC(NC)C(=O)O)CC=C1)OC.O=Cc1cc2ccc(C3=CCC=C(Cl)C=C3)cc2o1. The lowest BCUT2D eigenvalue weighted by atomic mass is 10.0. The van der Waals surface area contributed by atoms with Crippen molar-refractivity contribution in [3.8, 4) is 0 Å². The molecule has 45 heavy (non-hydrogen) atoms. The summed E-state index contributed by atoms with van der Waals surface area (Å²) in [4.78, 5) is 21.8. The molecule has 1 heterocycles. The van der Waals surface area contributed by atoms with Crippen molar-refractivity contribution in [3.05, 3.63) is 137 Å². The molecule has 1 atom stereocenters. The zero-order chi connectivity index (χ0) is 32.6. The van der Waals surface area contributed by atoms with E-state index in [0.29, 0.717) is 30.8 Å². The number of carbonyl (C=O) groups excluding carboxylic acids is 1. The summed E-state index contributed by atoms with van der Waals surface area (Å²) in [6.45, 7) is 6.15. The van der Waals surface area contributed by atoms with Crippen molar-refractivity contribution in [2.24, 2.45) is 0 Å². The Morgan fingerprint density at radius 3 is 2.73 bits per heavy atom. The van der Waals surface area contributed by atoms with Crippen LogP contribution in [0.3, 0.4) is 0 Å². The van der Waals surface area contributed by atoms with Crippen molar-refractivity contribution in [2.45, 2.75) is 38.6 Å². The highest BCUT2D eigenvalue weighted by Crippen LogP contribution is 2.27. The van der Waals surface area contributed by atoms with Crippen molar-refractivity contribution in [1.29, 1.82) is 0 Å². The van der Waals surface area contributed by atoms with Gasteiger partial charge in [0.25, 0.3) is 0 Å². The molecule has 0 radical (unpaired) electrons. The molecule has 1 unspecified atom stereocenters. The number of hydrogen-bond acceptors (Lipinski definition) is 6. The number of hydrogen-bond donors (Lipinski definition) is 2. The van der Waals surface area contributed by atoms with Gasteiger partial charge in [0.1, 0.15) is 29.8 Å². The maximum atomic E-state index is 11.1. The number of carbonyl (C=O) groups is 2. The van der Waals surface area contributed by atoms with Crippen LogP contribution in [0, 0.1) is 0 Å². The predicted molar refractivity (Wildman–Crippen MR) is 182 cm³/mol. The van der Waals surface area contributed by atoms with Gasteiger partial charge in [-0.3, -0.25) is 9.59 Å². The van der Waals surface area contributed by atoms with Crippen molar-refractivity contribution < 1.29 is 28.6 Å². The number of furan rings is 1. The molecule has 0 saturated heterocycles. The Kier molecular flexibility index (Phi) is 14.2. The van der Waals surface area contributed by atoms with Gasteiger partial charge < -0.3 is 24.3 Å². The third-order valence-electron chi connectivity index (χ3n) is 7.00. The van der Waals surface area contributed by atoms with Crippen LogP contribution >= 0.6 is 11.6 Å². The second-order valence-corrected chi connectivity index (χ2v) is 10.7. The number of nitrogens with one attached hydrogen (secondary N) is 1. The summed E-state index contributed by atoms with van der Waals surface area (Å²) >= 11 is 5.97. The molecule has 0 fully saturated rings. The molecule has 1 aromatic heterocycles. The van der Waals surface area contributed by atoms with Crippen molar-refractivity contribution >= 4 is 40.4 Å². The number of likely N-dealkylation sites (N-methyl/N-ethyl adjacent to an activating group) is 1. The number of fused-ring (bicyclic) bond motifs is 1. The largest absolute Gasteiger partial charge is 0.497 e. The molecule has 0 amide bonds. The molecular formula is C37H40ClNO6. The van der Waals surface area contributed by atoms with Crippen molar-refractivity contribution in [1.82, 2.24) is 5.32 Å². The first-order valence-corrected chi connectivity index (χ1v) is 15.0. The molecule has 1 aromatic carbocycles. The molecule has 0 spiro atoms. The fourth-order valence-corrected chi connectivity index (χ4v) is 4.70. The molecule has 0 bridgehead atoms.